The molecule has 2 nitrogen and oxygen atoms in total. The van der Waals surface area contributed by atoms with E-state index in [-0.39, 0.29) is 4.83 Å². The van der Waals surface area contributed by atoms with Gasteiger partial charge in [-0.15, -0.1) is 0 Å². The molecule has 0 aliphatic carbocycles. The lowest BCUT2D eigenvalue weighted by Crippen LogP contribution is -1.98. The van der Waals surface area contributed by atoms with Crippen LogP contribution >= 0.6 is 27.5 Å². The van der Waals surface area contributed by atoms with Gasteiger partial charge in [-0.2, -0.15) is 0 Å². The number of benzene rings is 2. The van der Waals surface area contributed by atoms with Crippen LogP contribution in [0.15, 0.2) is 36.4 Å². The van der Waals surface area contributed by atoms with Crippen molar-refractivity contribution in [1.29, 1.82) is 0 Å². The minimum Gasteiger partial charge on any atom is -0.497 e. The molecular weight excluding hydrogens is 340 g/mol. The Bertz CT molecular complexity index is 613. The fourth-order valence-electron chi connectivity index (χ4n) is 1.98. The van der Waals surface area contributed by atoms with Crippen molar-refractivity contribution in [1.82, 2.24) is 0 Å². The summed E-state index contributed by atoms with van der Waals surface area (Å²) in [6.07, 6.45) is 0. The highest BCUT2D eigenvalue weighted by Crippen LogP contribution is 2.39. The van der Waals surface area contributed by atoms with Crippen LogP contribution < -0.4 is 9.47 Å². The molecule has 1 atom stereocenters. The summed E-state index contributed by atoms with van der Waals surface area (Å²) in [6, 6.07) is 11.8. The van der Waals surface area contributed by atoms with Crippen LogP contribution in [0.4, 0.5) is 0 Å². The topological polar surface area (TPSA) is 18.5 Å². The van der Waals surface area contributed by atoms with E-state index in [2.05, 4.69) is 22.0 Å². The fourth-order valence-corrected chi connectivity index (χ4v) is 2.82. The van der Waals surface area contributed by atoms with Crippen LogP contribution in [-0.4, -0.2) is 14.2 Å². The average Bonchev–Trinajstić information content (AvgIpc) is 2.48. The second kappa shape index (κ2) is 6.51. The van der Waals surface area contributed by atoms with Crippen LogP contribution in [0, 0.1) is 6.92 Å². The normalized spacial score (nSPS) is 12.1. The van der Waals surface area contributed by atoms with Crippen molar-refractivity contribution < 1.29 is 9.47 Å². The molecule has 1 unspecified atom stereocenters. The van der Waals surface area contributed by atoms with Gasteiger partial charge in [0.25, 0.3) is 0 Å². The van der Waals surface area contributed by atoms with Crippen molar-refractivity contribution in [3.63, 3.8) is 0 Å². The zero-order valence-corrected chi connectivity index (χ0v) is 14.0. The number of methoxy groups -OCH3 is 2. The fraction of sp³-hybridized carbons (Fsp3) is 0.250. The van der Waals surface area contributed by atoms with Crippen molar-refractivity contribution in [2.45, 2.75) is 11.8 Å². The summed E-state index contributed by atoms with van der Waals surface area (Å²) in [5.41, 5.74) is 3.15. The maximum Gasteiger partial charge on any atom is 0.123 e. The molecule has 0 spiro atoms. The Balaban J connectivity index is 2.45. The summed E-state index contributed by atoms with van der Waals surface area (Å²) in [5, 5.41) is 0.758. The Kier molecular flexibility index (Phi) is 4.95. The number of alkyl halides is 1. The van der Waals surface area contributed by atoms with Crippen molar-refractivity contribution in [2.75, 3.05) is 14.2 Å². The summed E-state index contributed by atoms with van der Waals surface area (Å²) >= 11 is 9.91. The molecule has 0 saturated heterocycles. The molecule has 0 heterocycles. The van der Waals surface area contributed by atoms with Gasteiger partial charge in [0.1, 0.15) is 11.5 Å². The van der Waals surface area contributed by atoms with Crippen LogP contribution in [0.1, 0.15) is 21.5 Å². The predicted molar refractivity (Wildman–Crippen MR) is 86.5 cm³/mol. The number of hydrogen-bond acceptors (Lipinski definition) is 2. The Morgan fingerprint density at radius 3 is 2.40 bits per heavy atom. The number of ether oxygens (including phenoxy) is 2. The predicted octanol–water partition coefficient (Wildman–Crippen LogP) is 5.15. The van der Waals surface area contributed by atoms with Crippen molar-refractivity contribution >= 4 is 27.5 Å². The van der Waals surface area contributed by atoms with Gasteiger partial charge in [-0.1, -0.05) is 39.7 Å². The minimum atomic E-state index is -0.00866. The van der Waals surface area contributed by atoms with Crippen LogP contribution in [0.2, 0.25) is 5.02 Å². The second-order valence-electron chi connectivity index (χ2n) is 4.48. The zero-order chi connectivity index (χ0) is 14.7. The lowest BCUT2D eigenvalue weighted by Gasteiger charge is -2.16. The Hall–Kier alpha value is -1.19. The lowest BCUT2D eigenvalue weighted by atomic mass is 10.0. The third-order valence-electron chi connectivity index (χ3n) is 3.20. The van der Waals surface area contributed by atoms with Gasteiger partial charge in [0, 0.05) is 10.6 Å². The average molecular weight is 356 g/mol. The van der Waals surface area contributed by atoms with E-state index in [9.17, 15) is 0 Å². The first-order chi connectivity index (χ1) is 9.56. The number of aryl methyl sites for hydroxylation is 1. The largest absolute Gasteiger partial charge is 0.497 e. The SMILES string of the molecule is COc1ccc(OC)c(C(Br)c2ccc(C)c(Cl)c2)c1. The molecule has 4 heteroatoms. The highest BCUT2D eigenvalue weighted by atomic mass is 79.9. The molecule has 0 aromatic heterocycles. The molecule has 106 valence electrons. The van der Waals surface area contributed by atoms with Crippen molar-refractivity contribution in [2.24, 2.45) is 0 Å². The molecule has 0 amide bonds. The van der Waals surface area contributed by atoms with Crippen LogP contribution in [0.25, 0.3) is 0 Å². The molecule has 20 heavy (non-hydrogen) atoms. The Morgan fingerprint density at radius 1 is 1.05 bits per heavy atom. The molecule has 0 saturated carbocycles. The first-order valence-corrected chi connectivity index (χ1v) is 7.48. The van der Waals surface area contributed by atoms with Crippen molar-refractivity contribution in [3.8, 4) is 11.5 Å². The number of rotatable bonds is 4. The van der Waals surface area contributed by atoms with E-state index in [1.807, 2.05) is 37.3 Å². The van der Waals surface area contributed by atoms with Crippen LogP contribution in [0.3, 0.4) is 0 Å². The molecule has 0 aliphatic rings. The molecular formula is C16H16BrClO2. The standard InChI is InChI=1S/C16H16BrClO2/c1-10-4-5-11(8-14(10)18)16(17)13-9-12(19-2)6-7-15(13)20-3/h4-9,16H,1-3H3. The molecule has 0 bridgehead atoms. The maximum absolute atomic E-state index is 6.20. The third-order valence-corrected chi connectivity index (χ3v) is 4.63. The van der Waals surface area contributed by atoms with Gasteiger partial charge in [0.2, 0.25) is 0 Å². The summed E-state index contributed by atoms with van der Waals surface area (Å²) in [5.74, 6) is 1.60. The first kappa shape index (κ1) is 15.2. The van der Waals surface area contributed by atoms with Gasteiger partial charge in [-0.25, -0.2) is 0 Å². The van der Waals surface area contributed by atoms with Gasteiger partial charge in [-0.3, -0.25) is 0 Å². The molecule has 0 N–H and O–H groups in total. The second-order valence-corrected chi connectivity index (χ2v) is 5.80. The van der Waals surface area contributed by atoms with Gasteiger partial charge >= 0.3 is 0 Å². The molecule has 2 rings (SSSR count). The number of halogens is 2. The summed E-state index contributed by atoms with van der Waals surface area (Å²) in [7, 11) is 3.31. The van der Waals surface area contributed by atoms with Crippen LogP contribution in [0.5, 0.6) is 11.5 Å². The Labute approximate surface area is 132 Å². The van der Waals surface area contributed by atoms with E-state index in [4.69, 9.17) is 21.1 Å². The third kappa shape index (κ3) is 3.10. The van der Waals surface area contributed by atoms with E-state index >= 15 is 0 Å². The van der Waals surface area contributed by atoms with Gasteiger partial charge < -0.3 is 9.47 Å². The van der Waals surface area contributed by atoms with Gasteiger partial charge in [0.05, 0.1) is 19.0 Å². The highest BCUT2D eigenvalue weighted by molar-refractivity contribution is 9.09. The molecule has 2 aromatic rings. The zero-order valence-electron chi connectivity index (χ0n) is 11.6. The van der Waals surface area contributed by atoms with Gasteiger partial charge in [-0.05, 0) is 42.3 Å². The molecule has 0 radical (unpaired) electrons. The summed E-state index contributed by atoms with van der Waals surface area (Å²) in [6.45, 7) is 1.99. The minimum absolute atomic E-state index is 0.00866. The van der Waals surface area contributed by atoms with E-state index in [1.165, 1.54) is 0 Å². The molecule has 2 aromatic carbocycles. The molecule has 0 fully saturated rings. The van der Waals surface area contributed by atoms with E-state index in [1.54, 1.807) is 14.2 Å². The summed E-state index contributed by atoms with van der Waals surface area (Å²) < 4.78 is 10.7. The quantitative estimate of drug-likeness (QED) is 0.706. The maximum atomic E-state index is 6.20. The van der Waals surface area contributed by atoms with Crippen LogP contribution in [-0.2, 0) is 0 Å². The monoisotopic (exact) mass is 354 g/mol. The smallest absolute Gasteiger partial charge is 0.123 e. The first-order valence-electron chi connectivity index (χ1n) is 6.19. The van der Waals surface area contributed by atoms with Gasteiger partial charge in [0.15, 0.2) is 0 Å². The van der Waals surface area contributed by atoms with E-state index in [0.717, 1.165) is 33.2 Å². The number of hydrogen-bond donors (Lipinski definition) is 0. The Morgan fingerprint density at radius 2 is 1.80 bits per heavy atom. The lowest BCUT2D eigenvalue weighted by molar-refractivity contribution is 0.399. The highest BCUT2D eigenvalue weighted by Gasteiger charge is 2.17. The van der Waals surface area contributed by atoms with Crippen molar-refractivity contribution in [3.05, 3.63) is 58.1 Å². The molecule has 0 aliphatic heterocycles. The van der Waals surface area contributed by atoms with E-state index in [0.29, 0.717) is 0 Å². The summed E-state index contributed by atoms with van der Waals surface area (Å²) in [4.78, 5) is -0.00866. The van der Waals surface area contributed by atoms with E-state index < -0.39 is 0 Å².